The Kier molecular flexibility index (Phi) is 7.81. The normalized spacial score (nSPS) is 31.2. The van der Waals surface area contributed by atoms with E-state index in [1.807, 2.05) is 6.08 Å². The van der Waals surface area contributed by atoms with Crippen molar-refractivity contribution in [2.45, 2.75) is 70.5 Å². The number of aliphatic hydroxyl groups is 1. The van der Waals surface area contributed by atoms with Gasteiger partial charge in [0.25, 0.3) is 0 Å². The maximum absolute atomic E-state index is 10.5. The molecule has 1 N–H and O–H groups in total. The maximum Gasteiger partial charge on any atom is 0.189 e. The lowest BCUT2D eigenvalue weighted by Crippen LogP contribution is -2.32. The van der Waals surface area contributed by atoms with E-state index in [2.05, 4.69) is 19.1 Å². The number of hydrogen-bond acceptors (Lipinski definition) is 3. The van der Waals surface area contributed by atoms with Crippen LogP contribution in [-0.4, -0.2) is 31.2 Å². The van der Waals surface area contributed by atoms with Crippen LogP contribution < -0.4 is 0 Å². The highest BCUT2D eigenvalue weighted by atomic mass is 16.6. The van der Waals surface area contributed by atoms with Crippen LogP contribution in [-0.2, 0) is 9.47 Å². The van der Waals surface area contributed by atoms with E-state index in [-0.39, 0.29) is 0 Å². The van der Waals surface area contributed by atoms with Crippen molar-refractivity contribution >= 4 is 0 Å². The average Bonchev–Trinajstić information content (AvgIpc) is 2.57. The molecule has 0 spiro atoms. The molecule has 0 saturated heterocycles. The average molecular weight is 322 g/mol. The van der Waals surface area contributed by atoms with Gasteiger partial charge in [-0.25, -0.2) is 0 Å². The SMILES string of the molecule is CCCC1CCC(C2=CCC(O)(OCCCCOC)C=C2)CC1. The quantitative estimate of drug-likeness (QED) is 0.497. The second-order valence-electron chi connectivity index (χ2n) is 7.14. The monoisotopic (exact) mass is 322 g/mol. The van der Waals surface area contributed by atoms with Gasteiger partial charge < -0.3 is 14.6 Å². The molecule has 1 unspecified atom stereocenters. The minimum atomic E-state index is -1.10. The van der Waals surface area contributed by atoms with Gasteiger partial charge in [0.15, 0.2) is 5.79 Å². The Morgan fingerprint density at radius 3 is 2.52 bits per heavy atom. The molecule has 2 rings (SSSR count). The lowest BCUT2D eigenvalue weighted by atomic mass is 9.76. The molecule has 0 radical (unpaired) electrons. The van der Waals surface area contributed by atoms with Crippen LogP contribution in [0.1, 0.15) is 64.7 Å². The molecule has 132 valence electrons. The van der Waals surface area contributed by atoms with E-state index in [9.17, 15) is 5.11 Å². The van der Waals surface area contributed by atoms with Gasteiger partial charge in [0, 0.05) is 20.1 Å². The molecular formula is C20H34O3. The lowest BCUT2D eigenvalue weighted by molar-refractivity contribution is -0.165. The first-order valence-corrected chi connectivity index (χ1v) is 9.41. The van der Waals surface area contributed by atoms with Crippen molar-refractivity contribution in [3.05, 3.63) is 23.8 Å². The summed E-state index contributed by atoms with van der Waals surface area (Å²) < 4.78 is 10.7. The van der Waals surface area contributed by atoms with E-state index >= 15 is 0 Å². The third-order valence-corrected chi connectivity index (χ3v) is 5.28. The second kappa shape index (κ2) is 9.61. The Labute approximate surface area is 141 Å². The predicted molar refractivity (Wildman–Crippen MR) is 94.2 cm³/mol. The fourth-order valence-corrected chi connectivity index (χ4v) is 3.83. The summed E-state index contributed by atoms with van der Waals surface area (Å²) in [6.07, 6.45) is 16.7. The number of hydrogen-bond donors (Lipinski definition) is 1. The van der Waals surface area contributed by atoms with Gasteiger partial charge >= 0.3 is 0 Å². The van der Waals surface area contributed by atoms with Crippen LogP contribution in [0, 0.1) is 11.8 Å². The van der Waals surface area contributed by atoms with Crippen molar-refractivity contribution < 1.29 is 14.6 Å². The standard InChI is InChI=1S/C20H34O3/c1-3-6-17-7-9-18(10-8-17)19-11-13-20(21,14-12-19)23-16-5-4-15-22-2/h11-13,17-18,21H,3-10,14-16H2,1-2H3. The molecule has 3 nitrogen and oxygen atoms in total. The van der Waals surface area contributed by atoms with Crippen LogP contribution in [0.5, 0.6) is 0 Å². The molecule has 0 aromatic carbocycles. The van der Waals surface area contributed by atoms with Gasteiger partial charge in [-0.05, 0) is 62.0 Å². The minimum Gasteiger partial charge on any atom is -0.385 e. The van der Waals surface area contributed by atoms with Gasteiger partial charge in [-0.1, -0.05) is 31.9 Å². The fraction of sp³-hybridized carbons (Fsp3) is 0.800. The van der Waals surface area contributed by atoms with Crippen LogP contribution in [0.4, 0.5) is 0 Å². The van der Waals surface area contributed by atoms with Gasteiger partial charge in [-0.2, -0.15) is 0 Å². The first-order chi connectivity index (χ1) is 11.2. The third-order valence-electron chi connectivity index (χ3n) is 5.28. The molecule has 2 aliphatic carbocycles. The topological polar surface area (TPSA) is 38.7 Å². The molecule has 0 aromatic rings. The second-order valence-corrected chi connectivity index (χ2v) is 7.14. The first kappa shape index (κ1) is 18.7. The Balaban J connectivity index is 1.72. The summed E-state index contributed by atoms with van der Waals surface area (Å²) in [5, 5.41) is 10.5. The molecule has 23 heavy (non-hydrogen) atoms. The Bertz CT molecular complexity index is 394. The molecule has 3 heteroatoms. The Hall–Kier alpha value is -0.640. The van der Waals surface area contributed by atoms with Crippen molar-refractivity contribution in [3.63, 3.8) is 0 Å². The van der Waals surface area contributed by atoms with Crippen molar-refractivity contribution in [1.29, 1.82) is 0 Å². The number of rotatable bonds is 9. The summed E-state index contributed by atoms with van der Waals surface area (Å²) in [4.78, 5) is 0. The summed E-state index contributed by atoms with van der Waals surface area (Å²) in [5.41, 5.74) is 1.41. The summed E-state index contributed by atoms with van der Waals surface area (Å²) in [7, 11) is 1.71. The van der Waals surface area contributed by atoms with E-state index < -0.39 is 5.79 Å². The molecule has 1 saturated carbocycles. The van der Waals surface area contributed by atoms with E-state index in [4.69, 9.17) is 9.47 Å². The number of ether oxygens (including phenoxy) is 2. The molecular weight excluding hydrogens is 288 g/mol. The highest BCUT2D eigenvalue weighted by Crippen LogP contribution is 2.37. The maximum atomic E-state index is 10.5. The lowest BCUT2D eigenvalue weighted by Gasteiger charge is -2.32. The smallest absolute Gasteiger partial charge is 0.189 e. The van der Waals surface area contributed by atoms with Crippen LogP contribution in [0.3, 0.4) is 0 Å². The molecule has 1 fully saturated rings. The van der Waals surface area contributed by atoms with E-state index in [1.165, 1.54) is 44.1 Å². The molecule has 0 amide bonds. The summed E-state index contributed by atoms with van der Waals surface area (Å²) in [5.74, 6) is 0.526. The van der Waals surface area contributed by atoms with Crippen molar-refractivity contribution in [1.82, 2.24) is 0 Å². The van der Waals surface area contributed by atoms with Gasteiger partial charge in [0.1, 0.15) is 0 Å². The van der Waals surface area contributed by atoms with Crippen molar-refractivity contribution in [2.75, 3.05) is 20.3 Å². The zero-order valence-electron chi connectivity index (χ0n) is 14.9. The number of allylic oxidation sites excluding steroid dienone is 2. The fourth-order valence-electron chi connectivity index (χ4n) is 3.83. The molecule has 0 bridgehead atoms. The zero-order chi connectivity index (χ0) is 16.5. The highest BCUT2D eigenvalue weighted by Gasteiger charge is 2.29. The first-order valence-electron chi connectivity index (χ1n) is 9.41. The molecule has 0 heterocycles. The Morgan fingerprint density at radius 2 is 1.91 bits per heavy atom. The predicted octanol–water partition coefficient (Wildman–Crippen LogP) is 4.61. The van der Waals surface area contributed by atoms with E-state index in [0.717, 1.165) is 25.4 Å². The van der Waals surface area contributed by atoms with Crippen LogP contribution in [0.2, 0.25) is 0 Å². The summed E-state index contributed by atoms with van der Waals surface area (Å²) in [6.45, 7) is 3.62. The largest absolute Gasteiger partial charge is 0.385 e. The molecule has 2 aliphatic rings. The number of methoxy groups -OCH3 is 1. The van der Waals surface area contributed by atoms with Crippen molar-refractivity contribution in [3.8, 4) is 0 Å². The van der Waals surface area contributed by atoms with Gasteiger partial charge in [-0.15, -0.1) is 0 Å². The number of unbranched alkanes of at least 4 members (excludes halogenated alkanes) is 1. The van der Waals surface area contributed by atoms with Crippen LogP contribution in [0.25, 0.3) is 0 Å². The van der Waals surface area contributed by atoms with Crippen LogP contribution >= 0.6 is 0 Å². The highest BCUT2D eigenvalue weighted by molar-refractivity contribution is 5.28. The van der Waals surface area contributed by atoms with Gasteiger partial charge in [0.2, 0.25) is 0 Å². The van der Waals surface area contributed by atoms with E-state index in [1.54, 1.807) is 7.11 Å². The van der Waals surface area contributed by atoms with Gasteiger partial charge in [-0.3, -0.25) is 0 Å². The zero-order valence-corrected chi connectivity index (χ0v) is 14.9. The third kappa shape index (κ3) is 6.06. The Morgan fingerprint density at radius 1 is 1.17 bits per heavy atom. The van der Waals surface area contributed by atoms with Gasteiger partial charge in [0.05, 0.1) is 6.61 Å². The van der Waals surface area contributed by atoms with Crippen LogP contribution in [0.15, 0.2) is 23.8 Å². The molecule has 0 aromatic heterocycles. The summed E-state index contributed by atoms with van der Waals surface area (Å²) in [6, 6.07) is 0. The minimum absolute atomic E-state index is 0.579. The molecule has 1 atom stereocenters. The molecule has 0 aliphatic heterocycles. The van der Waals surface area contributed by atoms with Crippen molar-refractivity contribution in [2.24, 2.45) is 11.8 Å². The van der Waals surface area contributed by atoms with E-state index in [0.29, 0.717) is 18.9 Å². The summed E-state index contributed by atoms with van der Waals surface area (Å²) >= 11 is 0.